The molecule has 0 unspecified atom stereocenters. The summed E-state index contributed by atoms with van der Waals surface area (Å²) >= 11 is 0. The first-order valence-corrected chi connectivity index (χ1v) is 7.71. The van der Waals surface area contributed by atoms with Crippen LogP contribution in [0.25, 0.3) is 0 Å². The van der Waals surface area contributed by atoms with E-state index in [1.165, 1.54) is 36.9 Å². The summed E-state index contributed by atoms with van der Waals surface area (Å²) in [6, 6.07) is 9.06. The topological polar surface area (TPSA) is 32.3 Å². The second-order valence-corrected chi connectivity index (χ2v) is 6.38. The number of nitrogens with zero attached hydrogens (tertiary/aromatic N) is 1. The molecule has 3 heteroatoms. The number of anilines is 1. The molecule has 2 fully saturated rings. The van der Waals surface area contributed by atoms with Gasteiger partial charge >= 0.3 is 0 Å². The van der Waals surface area contributed by atoms with Gasteiger partial charge in [-0.15, -0.1) is 0 Å². The summed E-state index contributed by atoms with van der Waals surface area (Å²) in [6.45, 7) is 2.30. The molecule has 1 aromatic carbocycles. The van der Waals surface area contributed by atoms with Crippen molar-refractivity contribution in [1.29, 1.82) is 0 Å². The van der Waals surface area contributed by atoms with Crippen molar-refractivity contribution in [2.24, 2.45) is 11.8 Å². The van der Waals surface area contributed by atoms with E-state index in [1.807, 2.05) is 7.05 Å². The summed E-state index contributed by atoms with van der Waals surface area (Å²) in [7, 11) is 1.86. The van der Waals surface area contributed by atoms with Gasteiger partial charge in [0.15, 0.2) is 0 Å². The Morgan fingerprint density at radius 3 is 2.40 bits per heavy atom. The molecule has 1 N–H and O–H groups in total. The maximum atomic E-state index is 11.4. The minimum atomic E-state index is 0.112. The van der Waals surface area contributed by atoms with Gasteiger partial charge in [-0.3, -0.25) is 4.79 Å². The van der Waals surface area contributed by atoms with Gasteiger partial charge < -0.3 is 10.2 Å². The molecule has 108 valence electrons. The van der Waals surface area contributed by atoms with Crippen LogP contribution in [0, 0.1) is 11.8 Å². The third-order valence-corrected chi connectivity index (χ3v) is 4.54. The highest BCUT2D eigenvalue weighted by molar-refractivity contribution is 5.73. The summed E-state index contributed by atoms with van der Waals surface area (Å²) in [6.07, 6.45) is 5.51. The van der Waals surface area contributed by atoms with Crippen LogP contribution in [0.15, 0.2) is 24.3 Å². The van der Waals surface area contributed by atoms with Gasteiger partial charge in [0.2, 0.25) is 5.91 Å². The van der Waals surface area contributed by atoms with Crippen LogP contribution in [0.2, 0.25) is 0 Å². The summed E-state index contributed by atoms with van der Waals surface area (Å²) in [5.41, 5.74) is 2.43. The lowest BCUT2D eigenvalue weighted by molar-refractivity contribution is -0.128. The van der Waals surface area contributed by atoms with Crippen LogP contribution in [0.4, 0.5) is 5.69 Å². The van der Waals surface area contributed by atoms with E-state index in [2.05, 4.69) is 29.6 Å². The number of nitrogens with one attached hydrogen (secondary N) is 1. The first kappa shape index (κ1) is 13.5. The molecule has 20 heavy (non-hydrogen) atoms. The highest BCUT2D eigenvalue weighted by Gasteiger charge is 2.41. The Hall–Kier alpha value is -1.51. The lowest BCUT2D eigenvalue weighted by Crippen LogP contribution is -2.27. The van der Waals surface area contributed by atoms with E-state index in [0.717, 1.165) is 11.8 Å². The molecular weight excluding hydrogens is 248 g/mol. The number of rotatable bonds is 6. The Kier molecular flexibility index (Phi) is 3.68. The average Bonchev–Trinajstić information content (AvgIpc) is 3.29. The van der Waals surface area contributed by atoms with Gasteiger partial charge in [-0.25, -0.2) is 0 Å². The monoisotopic (exact) mass is 272 g/mol. The zero-order valence-corrected chi connectivity index (χ0v) is 12.4. The van der Waals surface area contributed by atoms with Crippen LogP contribution >= 0.6 is 0 Å². The molecule has 0 atom stereocenters. The lowest BCUT2D eigenvalue weighted by atomic mass is 10.1. The number of hydrogen-bond acceptors (Lipinski definition) is 2. The van der Waals surface area contributed by atoms with Gasteiger partial charge in [-0.2, -0.15) is 0 Å². The molecule has 0 radical (unpaired) electrons. The SMILES string of the molecule is CC(=O)N(C)Cc1ccccc1NC(C1CC1)C1CC1. The molecule has 0 aliphatic heterocycles. The van der Waals surface area contributed by atoms with E-state index >= 15 is 0 Å². The maximum Gasteiger partial charge on any atom is 0.219 e. The molecule has 0 spiro atoms. The van der Waals surface area contributed by atoms with Crippen molar-refractivity contribution in [3.05, 3.63) is 29.8 Å². The summed E-state index contributed by atoms with van der Waals surface area (Å²) in [4.78, 5) is 13.2. The van der Waals surface area contributed by atoms with Crippen molar-refractivity contribution in [3.63, 3.8) is 0 Å². The van der Waals surface area contributed by atoms with E-state index in [-0.39, 0.29) is 5.91 Å². The maximum absolute atomic E-state index is 11.4. The molecule has 0 bridgehead atoms. The van der Waals surface area contributed by atoms with E-state index in [9.17, 15) is 4.79 Å². The molecule has 0 aromatic heterocycles. The van der Waals surface area contributed by atoms with Crippen molar-refractivity contribution < 1.29 is 4.79 Å². The van der Waals surface area contributed by atoms with Gasteiger partial charge in [0, 0.05) is 32.2 Å². The minimum absolute atomic E-state index is 0.112. The molecule has 2 saturated carbocycles. The molecule has 1 amide bonds. The first-order valence-electron chi connectivity index (χ1n) is 7.71. The summed E-state index contributed by atoms with van der Waals surface area (Å²) in [5, 5.41) is 3.78. The van der Waals surface area contributed by atoms with E-state index in [4.69, 9.17) is 0 Å². The number of carbonyl (C=O) groups excluding carboxylic acids is 1. The average molecular weight is 272 g/mol. The predicted molar refractivity (Wildman–Crippen MR) is 81.4 cm³/mol. The van der Waals surface area contributed by atoms with Crippen LogP contribution < -0.4 is 5.32 Å². The Morgan fingerprint density at radius 2 is 1.85 bits per heavy atom. The fourth-order valence-corrected chi connectivity index (χ4v) is 2.88. The summed E-state index contributed by atoms with van der Waals surface area (Å²) < 4.78 is 0. The fourth-order valence-electron chi connectivity index (χ4n) is 2.88. The largest absolute Gasteiger partial charge is 0.381 e. The van der Waals surface area contributed by atoms with Crippen molar-refractivity contribution >= 4 is 11.6 Å². The predicted octanol–water partition coefficient (Wildman–Crippen LogP) is 3.27. The van der Waals surface area contributed by atoms with Crippen molar-refractivity contribution in [3.8, 4) is 0 Å². The van der Waals surface area contributed by atoms with Gasteiger partial charge in [0.1, 0.15) is 0 Å². The number of carbonyl (C=O) groups is 1. The molecule has 0 heterocycles. The number of hydrogen-bond donors (Lipinski definition) is 1. The van der Waals surface area contributed by atoms with Crippen LogP contribution in [0.5, 0.6) is 0 Å². The molecular formula is C17H24N2O. The zero-order chi connectivity index (χ0) is 14.1. The first-order chi connectivity index (χ1) is 9.65. The Labute approximate surface area is 121 Å². The third-order valence-electron chi connectivity index (χ3n) is 4.54. The number of amides is 1. The Bertz CT molecular complexity index is 480. The molecule has 2 aliphatic carbocycles. The lowest BCUT2D eigenvalue weighted by Gasteiger charge is -2.23. The fraction of sp³-hybridized carbons (Fsp3) is 0.588. The standard InChI is InChI=1S/C17H24N2O/c1-12(20)19(2)11-15-5-3-4-6-16(15)18-17(13-7-8-13)14-9-10-14/h3-6,13-14,17-18H,7-11H2,1-2H3. The van der Waals surface area contributed by atoms with Gasteiger partial charge in [0.05, 0.1) is 0 Å². The van der Waals surface area contributed by atoms with E-state index in [1.54, 1.807) is 11.8 Å². The highest BCUT2D eigenvalue weighted by atomic mass is 16.2. The number of benzene rings is 1. The van der Waals surface area contributed by atoms with Crippen LogP contribution in [0.3, 0.4) is 0 Å². The molecule has 0 saturated heterocycles. The van der Waals surface area contributed by atoms with E-state index in [0.29, 0.717) is 12.6 Å². The van der Waals surface area contributed by atoms with Crippen LogP contribution in [0.1, 0.15) is 38.2 Å². The second-order valence-electron chi connectivity index (χ2n) is 6.38. The Morgan fingerprint density at radius 1 is 1.25 bits per heavy atom. The van der Waals surface area contributed by atoms with Crippen molar-refractivity contribution in [1.82, 2.24) is 4.90 Å². The molecule has 3 nitrogen and oxygen atoms in total. The van der Waals surface area contributed by atoms with Crippen LogP contribution in [-0.2, 0) is 11.3 Å². The molecule has 2 aliphatic rings. The Balaban J connectivity index is 1.73. The molecule has 3 rings (SSSR count). The minimum Gasteiger partial charge on any atom is -0.381 e. The smallest absolute Gasteiger partial charge is 0.219 e. The third kappa shape index (κ3) is 3.14. The molecule has 1 aromatic rings. The van der Waals surface area contributed by atoms with Gasteiger partial charge in [-0.1, -0.05) is 18.2 Å². The van der Waals surface area contributed by atoms with Crippen molar-refractivity contribution in [2.75, 3.05) is 12.4 Å². The normalized spacial score (nSPS) is 18.1. The highest BCUT2D eigenvalue weighted by Crippen LogP contribution is 2.46. The van der Waals surface area contributed by atoms with Crippen LogP contribution in [-0.4, -0.2) is 23.9 Å². The second kappa shape index (κ2) is 5.47. The zero-order valence-electron chi connectivity index (χ0n) is 12.4. The van der Waals surface area contributed by atoms with Gasteiger partial charge in [-0.05, 0) is 49.1 Å². The van der Waals surface area contributed by atoms with Gasteiger partial charge in [0.25, 0.3) is 0 Å². The van der Waals surface area contributed by atoms with Crippen molar-refractivity contribution in [2.45, 2.75) is 45.2 Å². The summed E-state index contributed by atoms with van der Waals surface area (Å²) in [5.74, 6) is 1.86. The quantitative estimate of drug-likeness (QED) is 0.862. The van der Waals surface area contributed by atoms with E-state index < -0.39 is 0 Å². The number of para-hydroxylation sites is 1.